The predicted molar refractivity (Wildman–Crippen MR) is 62.0 cm³/mol. The Morgan fingerprint density at radius 1 is 1.50 bits per heavy atom. The fraction of sp³-hybridized carbons (Fsp3) is 0.833. The molecule has 16 heavy (non-hydrogen) atoms. The zero-order valence-corrected chi connectivity index (χ0v) is 10.4. The highest BCUT2D eigenvalue weighted by Crippen LogP contribution is 2.31. The largest absolute Gasteiger partial charge is 0.465 e. The third kappa shape index (κ3) is 4.02. The van der Waals surface area contributed by atoms with E-state index in [1.807, 2.05) is 6.07 Å². The van der Waals surface area contributed by atoms with Crippen LogP contribution in [0.15, 0.2) is 0 Å². The molecule has 1 atom stereocenters. The van der Waals surface area contributed by atoms with Gasteiger partial charge in [-0.15, -0.1) is 11.6 Å². The van der Waals surface area contributed by atoms with E-state index < -0.39 is 5.92 Å². The molecular weight excluding hydrogens is 226 g/mol. The van der Waals surface area contributed by atoms with E-state index in [1.165, 1.54) is 0 Å². The highest BCUT2D eigenvalue weighted by atomic mass is 35.5. The Morgan fingerprint density at radius 2 is 2.12 bits per heavy atom. The van der Waals surface area contributed by atoms with Gasteiger partial charge in [-0.25, -0.2) is 0 Å². The van der Waals surface area contributed by atoms with Crippen molar-refractivity contribution in [1.82, 2.24) is 0 Å². The van der Waals surface area contributed by atoms with Crippen LogP contribution >= 0.6 is 11.6 Å². The fourth-order valence-electron chi connectivity index (χ4n) is 2.14. The average Bonchev–Trinajstić information content (AvgIpc) is 2.28. The summed E-state index contributed by atoms with van der Waals surface area (Å²) < 4.78 is 4.87. The van der Waals surface area contributed by atoms with Crippen molar-refractivity contribution in [2.45, 2.75) is 44.4 Å². The second-order valence-electron chi connectivity index (χ2n) is 4.29. The standard InChI is InChI=1S/C12H18ClNO2/c1-2-16-12(15)10(8-14)7-9-3-5-11(13)6-4-9/h9-11H,2-7H2,1H3. The van der Waals surface area contributed by atoms with Crippen LogP contribution < -0.4 is 0 Å². The maximum atomic E-state index is 11.4. The van der Waals surface area contributed by atoms with Gasteiger partial charge in [0.05, 0.1) is 12.7 Å². The van der Waals surface area contributed by atoms with Crippen LogP contribution in [0.4, 0.5) is 0 Å². The minimum atomic E-state index is -0.600. The summed E-state index contributed by atoms with van der Waals surface area (Å²) in [5.74, 6) is -0.529. The highest BCUT2D eigenvalue weighted by Gasteiger charge is 2.27. The summed E-state index contributed by atoms with van der Waals surface area (Å²) in [6.07, 6.45) is 4.65. The van der Waals surface area contributed by atoms with Crippen LogP contribution in [0.2, 0.25) is 0 Å². The first kappa shape index (κ1) is 13.3. The molecule has 4 heteroatoms. The Hall–Kier alpha value is -0.750. The van der Waals surface area contributed by atoms with E-state index in [2.05, 4.69) is 0 Å². The Morgan fingerprint density at radius 3 is 2.62 bits per heavy atom. The van der Waals surface area contributed by atoms with Gasteiger partial charge in [0, 0.05) is 5.38 Å². The predicted octanol–water partition coefficient (Wildman–Crippen LogP) is 2.88. The van der Waals surface area contributed by atoms with Gasteiger partial charge in [-0.2, -0.15) is 5.26 Å². The molecule has 1 unspecified atom stereocenters. The number of ether oxygens (including phenoxy) is 1. The maximum absolute atomic E-state index is 11.4. The highest BCUT2D eigenvalue weighted by molar-refractivity contribution is 6.20. The molecule has 90 valence electrons. The van der Waals surface area contributed by atoms with Gasteiger partial charge in [-0.3, -0.25) is 4.79 Å². The van der Waals surface area contributed by atoms with Gasteiger partial charge in [0.25, 0.3) is 0 Å². The Kier molecular flexibility index (Phi) is 5.62. The summed E-state index contributed by atoms with van der Waals surface area (Å²) in [5.41, 5.74) is 0. The average molecular weight is 244 g/mol. The van der Waals surface area contributed by atoms with Crippen molar-refractivity contribution in [3.05, 3.63) is 0 Å². The number of halogens is 1. The van der Waals surface area contributed by atoms with Crippen molar-refractivity contribution in [3.8, 4) is 6.07 Å². The van der Waals surface area contributed by atoms with Gasteiger partial charge in [-0.1, -0.05) is 0 Å². The number of esters is 1. The first-order chi connectivity index (χ1) is 7.67. The second kappa shape index (κ2) is 6.75. The van der Waals surface area contributed by atoms with Crippen LogP contribution in [0, 0.1) is 23.2 Å². The van der Waals surface area contributed by atoms with E-state index in [0.29, 0.717) is 18.9 Å². The van der Waals surface area contributed by atoms with E-state index in [9.17, 15) is 4.79 Å². The minimum absolute atomic E-state index is 0.277. The number of carbonyl (C=O) groups excluding carboxylic acids is 1. The van der Waals surface area contributed by atoms with Crippen LogP contribution in [0.5, 0.6) is 0 Å². The third-order valence-corrected chi connectivity index (χ3v) is 3.51. The van der Waals surface area contributed by atoms with E-state index in [0.717, 1.165) is 25.7 Å². The van der Waals surface area contributed by atoms with Gasteiger partial charge >= 0.3 is 5.97 Å². The van der Waals surface area contributed by atoms with Crippen LogP contribution in [0.25, 0.3) is 0 Å². The summed E-state index contributed by atoms with van der Waals surface area (Å²) in [5, 5.41) is 9.21. The van der Waals surface area contributed by atoms with Crippen molar-refractivity contribution in [1.29, 1.82) is 5.26 Å². The van der Waals surface area contributed by atoms with Gasteiger partial charge in [-0.05, 0) is 44.9 Å². The lowest BCUT2D eigenvalue weighted by Gasteiger charge is -2.25. The van der Waals surface area contributed by atoms with Crippen LogP contribution in [0.3, 0.4) is 0 Å². The number of hydrogen-bond acceptors (Lipinski definition) is 3. The number of alkyl halides is 1. The topological polar surface area (TPSA) is 50.1 Å². The molecule has 1 aliphatic carbocycles. The molecule has 1 fully saturated rings. The molecule has 3 nitrogen and oxygen atoms in total. The summed E-state index contributed by atoms with van der Waals surface area (Å²) in [7, 11) is 0. The number of nitriles is 1. The summed E-state index contributed by atoms with van der Waals surface area (Å²) in [4.78, 5) is 11.4. The first-order valence-electron chi connectivity index (χ1n) is 5.87. The number of rotatable bonds is 4. The lowest BCUT2D eigenvalue weighted by Crippen LogP contribution is -2.22. The lowest BCUT2D eigenvalue weighted by molar-refractivity contribution is -0.146. The van der Waals surface area contributed by atoms with Crippen molar-refractivity contribution < 1.29 is 9.53 Å². The quantitative estimate of drug-likeness (QED) is 0.564. The van der Waals surface area contributed by atoms with Gasteiger partial charge in [0.1, 0.15) is 5.92 Å². The van der Waals surface area contributed by atoms with Gasteiger partial charge in [0.15, 0.2) is 0 Å². The summed E-state index contributed by atoms with van der Waals surface area (Å²) in [6.45, 7) is 2.09. The maximum Gasteiger partial charge on any atom is 0.323 e. The van der Waals surface area contributed by atoms with Crippen LogP contribution in [0.1, 0.15) is 39.0 Å². The molecule has 0 aromatic rings. The molecule has 0 N–H and O–H groups in total. The van der Waals surface area contributed by atoms with Crippen LogP contribution in [-0.2, 0) is 9.53 Å². The molecule has 0 aromatic heterocycles. The SMILES string of the molecule is CCOC(=O)C(C#N)CC1CCC(Cl)CC1. The normalized spacial score (nSPS) is 26.8. The molecule has 1 aliphatic rings. The zero-order chi connectivity index (χ0) is 12.0. The molecule has 1 rings (SSSR count). The van der Waals surface area contributed by atoms with E-state index in [1.54, 1.807) is 6.92 Å². The van der Waals surface area contributed by atoms with Crippen molar-refractivity contribution >= 4 is 17.6 Å². The molecular formula is C12H18ClNO2. The Labute approximate surface area is 102 Å². The molecule has 1 saturated carbocycles. The molecule has 0 amide bonds. The first-order valence-corrected chi connectivity index (χ1v) is 6.31. The molecule has 0 radical (unpaired) electrons. The Bertz CT molecular complexity index is 267. The minimum Gasteiger partial charge on any atom is -0.465 e. The van der Waals surface area contributed by atoms with Crippen molar-refractivity contribution in [2.24, 2.45) is 11.8 Å². The summed E-state index contributed by atoms with van der Waals surface area (Å²) >= 11 is 6.01. The van der Waals surface area contributed by atoms with Crippen LogP contribution in [-0.4, -0.2) is 18.0 Å². The zero-order valence-electron chi connectivity index (χ0n) is 9.62. The number of hydrogen-bond donors (Lipinski definition) is 0. The van der Waals surface area contributed by atoms with E-state index >= 15 is 0 Å². The van der Waals surface area contributed by atoms with Crippen molar-refractivity contribution in [3.63, 3.8) is 0 Å². The Balaban J connectivity index is 2.39. The van der Waals surface area contributed by atoms with E-state index in [-0.39, 0.29) is 11.3 Å². The number of nitrogens with zero attached hydrogens (tertiary/aromatic N) is 1. The van der Waals surface area contributed by atoms with Crippen molar-refractivity contribution in [2.75, 3.05) is 6.61 Å². The second-order valence-corrected chi connectivity index (χ2v) is 4.90. The van der Waals surface area contributed by atoms with Gasteiger partial charge < -0.3 is 4.74 Å². The molecule has 0 aromatic carbocycles. The van der Waals surface area contributed by atoms with E-state index in [4.69, 9.17) is 21.6 Å². The molecule has 0 heterocycles. The number of carbonyl (C=O) groups is 1. The monoisotopic (exact) mass is 243 g/mol. The molecule has 0 saturated heterocycles. The smallest absolute Gasteiger partial charge is 0.323 e. The van der Waals surface area contributed by atoms with Gasteiger partial charge in [0.2, 0.25) is 0 Å². The molecule has 0 spiro atoms. The lowest BCUT2D eigenvalue weighted by atomic mass is 9.83. The molecule has 0 aliphatic heterocycles. The molecule has 0 bridgehead atoms. The summed E-state index contributed by atoms with van der Waals surface area (Å²) in [6, 6.07) is 2.04. The third-order valence-electron chi connectivity index (χ3n) is 3.07. The fourth-order valence-corrected chi connectivity index (χ4v) is 2.39.